The lowest BCUT2D eigenvalue weighted by molar-refractivity contribution is -0.126. The van der Waals surface area contributed by atoms with Crippen molar-refractivity contribution < 1.29 is 9.90 Å². The van der Waals surface area contributed by atoms with Gasteiger partial charge in [-0.2, -0.15) is 11.3 Å². The molecule has 1 amide bonds. The van der Waals surface area contributed by atoms with E-state index >= 15 is 0 Å². The van der Waals surface area contributed by atoms with Crippen LogP contribution in [0, 0.1) is 5.92 Å². The van der Waals surface area contributed by atoms with E-state index < -0.39 is 6.10 Å². The summed E-state index contributed by atoms with van der Waals surface area (Å²) in [4.78, 5) is 12.0. The van der Waals surface area contributed by atoms with Crippen LogP contribution in [-0.4, -0.2) is 30.1 Å². The molecule has 1 unspecified atom stereocenters. The van der Waals surface area contributed by atoms with Crippen molar-refractivity contribution in [2.75, 3.05) is 13.1 Å². The molecule has 5 heteroatoms. The number of carbonyl (C=O) groups excluding carboxylic acids is 1. The molecule has 0 aliphatic carbocycles. The lowest BCUT2D eigenvalue weighted by atomic mass is 9.92. The highest BCUT2D eigenvalue weighted by molar-refractivity contribution is 7.07. The summed E-state index contributed by atoms with van der Waals surface area (Å²) in [5.41, 5.74) is 0.874. The molecule has 4 nitrogen and oxygen atoms in total. The van der Waals surface area contributed by atoms with E-state index in [2.05, 4.69) is 17.6 Å². The van der Waals surface area contributed by atoms with Crippen molar-refractivity contribution in [3.05, 3.63) is 22.4 Å². The zero-order valence-corrected chi connectivity index (χ0v) is 11.4. The Labute approximate surface area is 111 Å². The van der Waals surface area contributed by atoms with Gasteiger partial charge in [0.15, 0.2) is 0 Å². The highest BCUT2D eigenvalue weighted by Gasteiger charge is 2.24. The van der Waals surface area contributed by atoms with Gasteiger partial charge in [-0.3, -0.25) is 4.79 Å². The van der Waals surface area contributed by atoms with Crippen LogP contribution in [0.25, 0.3) is 0 Å². The molecule has 1 aromatic heterocycles. The zero-order valence-electron chi connectivity index (χ0n) is 10.6. The van der Waals surface area contributed by atoms with E-state index in [4.69, 9.17) is 0 Å². The molecule has 1 aromatic rings. The van der Waals surface area contributed by atoms with Crippen LogP contribution in [0.3, 0.4) is 0 Å². The number of thiophene rings is 1. The number of amides is 1. The van der Waals surface area contributed by atoms with Gasteiger partial charge in [0.05, 0.1) is 6.10 Å². The number of aliphatic hydroxyl groups excluding tert-OH is 1. The molecule has 1 aliphatic rings. The summed E-state index contributed by atoms with van der Waals surface area (Å²) in [6.07, 6.45) is 1.16. The lowest BCUT2D eigenvalue weighted by Gasteiger charge is -2.27. The molecule has 0 saturated carbocycles. The summed E-state index contributed by atoms with van der Waals surface area (Å²) in [5, 5.41) is 19.9. The standard InChI is InChI=1S/C13H20N2O2S/c1-9-6-10(2-4-14-9)13(17)15-7-12(16)11-3-5-18-8-11/h3,5,8-10,12,14,16H,2,4,6-7H2,1H3,(H,15,17)/t9-,10-,12?/m0/s1. The third-order valence-electron chi connectivity index (χ3n) is 3.39. The fraction of sp³-hybridized carbons (Fsp3) is 0.615. The first-order valence-electron chi connectivity index (χ1n) is 6.38. The molecule has 3 N–H and O–H groups in total. The lowest BCUT2D eigenvalue weighted by Crippen LogP contribution is -2.43. The van der Waals surface area contributed by atoms with Gasteiger partial charge in [0.1, 0.15) is 0 Å². The average Bonchev–Trinajstić information content (AvgIpc) is 2.89. The van der Waals surface area contributed by atoms with Crippen molar-refractivity contribution in [2.24, 2.45) is 5.92 Å². The van der Waals surface area contributed by atoms with E-state index in [0.29, 0.717) is 12.6 Å². The molecule has 0 bridgehead atoms. The predicted molar refractivity (Wildman–Crippen MR) is 72.5 cm³/mol. The van der Waals surface area contributed by atoms with E-state index in [9.17, 15) is 9.90 Å². The molecule has 1 saturated heterocycles. The van der Waals surface area contributed by atoms with Crippen LogP contribution < -0.4 is 10.6 Å². The van der Waals surface area contributed by atoms with E-state index in [1.165, 1.54) is 0 Å². The number of nitrogens with one attached hydrogen (secondary N) is 2. The second kappa shape index (κ2) is 6.31. The molecular weight excluding hydrogens is 248 g/mol. The van der Waals surface area contributed by atoms with Gasteiger partial charge in [-0.15, -0.1) is 0 Å². The van der Waals surface area contributed by atoms with Gasteiger partial charge in [-0.1, -0.05) is 0 Å². The summed E-state index contributed by atoms with van der Waals surface area (Å²) in [5.74, 6) is 0.147. The van der Waals surface area contributed by atoms with E-state index in [1.54, 1.807) is 11.3 Å². The van der Waals surface area contributed by atoms with Crippen molar-refractivity contribution >= 4 is 17.2 Å². The topological polar surface area (TPSA) is 61.4 Å². The quantitative estimate of drug-likeness (QED) is 0.771. The molecule has 0 radical (unpaired) electrons. The van der Waals surface area contributed by atoms with Gasteiger partial charge >= 0.3 is 0 Å². The Balaban J connectivity index is 1.77. The van der Waals surface area contributed by atoms with Crippen LogP contribution in [0.2, 0.25) is 0 Å². The van der Waals surface area contributed by atoms with Gasteiger partial charge in [-0.25, -0.2) is 0 Å². The second-order valence-electron chi connectivity index (χ2n) is 4.89. The van der Waals surface area contributed by atoms with E-state index in [0.717, 1.165) is 24.9 Å². The first-order chi connectivity index (χ1) is 8.66. The third-order valence-corrected chi connectivity index (χ3v) is 4.09. The van der Waals surface area contributed by atoms with Gasteiger partial charge < -0.3 is 15.7 Å². The molecular formula is C13H20N2O2S. The average molecular weight is 268 g/mol. The minimum atomic E-state index is -0.598. The SMILES string of the molecule is C[C@H]1C[C@@H](C(=O)NCC(O)c2ccsc2)CCN1. The van der Waals surface area contributed by atoms with Gasteiger partial charge in [0.25, 0.3) is 0 Å². The number of hydrogen-bond donors (Lipinski definition) is 3. The fourth-order valence-electron chi connectivity index (χ4n) is 2.29. The zero-order chi connectivity index (χ0) is 13.0. The Hall–Kier alpha value is -0.910. The highest BCUT2D eigenvalue weighted by Crippen LogP contribution is 2.18. The number of hydrogen-bond acceptors (Lipinski definition) is 4. The summed E-state index contributed by atoms with van der Waals surface area (Å²) in [6.45, 7) is 3.29. The number of rotatable bonds is 4. The number of piperidine rings is 1. The Morgan fingerprint density at radius 2 is 2.56 bits per heavy atom. The first kappa shape index (κ1) is 13.5. The maximum atomic E-state index is 12.0. The van der Waals surface area contributed by atoms with Crippen molar-refractivity contribution in [3.63, 3.8) is 0 Å². The monoisotopic (exact) mass is 268 g/mol. The Morgan fingerprint density at radius 3 is 3.22 bits per heavy atom. The highest BCUT2D eigenvalue weighted by atomic mass is 32.1. The Bertz CT molecular complexity index is 380. The third kappa shape index (κ3) is 3.54. The normalized spacial score (nSPS) is 25.7. The Morgan fingerprint density at radius 1 is 1.72 bits per heavy atom. The minimum Gasteiger partial charge on any atom is -0.387 e. The maximum Gasteiger partial charge on any atom is 0.223 e. The second-order valence-corrected chi connectivity index (χ2v) is 5.67. The molecule has 18 heavy (non-hydrogen) atoms. The minimum absolute atomic E-state index is 0.0672. The molecule has 1 fully saturated rings. The summed E-state index contributed by atoms with van der Waals surface area (Å²) < 4.78 is 0. The van der Waals surface area contributed by atoms with Crippen molar-refractivity contribution in [1.82, 2.24) is 10.6 Å². The number of aliphatic hydroxyl groups is 1. The molecule has 3 atom stereocenters. The summed E-state index contributed by atoms with van der Waals surface area (Å²) >= 11 is 1.55. The van der Waals surface area contributed by atoms with Gasteiger partial charge in [-0.05, 0) is 48.7 Å². The number of carbonyl (C=O) groups is 1. The fourth-order valence-corrected chi connectivity index (χ4v) is 3.00. The molecule has 2 heterocycles. The van der Waals surface area contributed by atoms with Crippen LogP contribution in [0.4, 0.5) is 0 Å². The van der Waals surface area contributed by atoms with Crippen LogP contribution in [-0.2, 0) is 4.79 Å². The van der Waals surface area contributed by atoms with Crippen LogP contribution in [0.15, 0.2) is 16.8 Å². The van der Waals surface area contributed by atoms with Crippen molar-refractivity contribution in [3.8, 4) is 0 Å². The summed E-state index contributed by atoms with van der Waals surface area (Å²) in [7, 11) is 0. The van der Waals surface area contributed by atoms with Crippen LogP contribution in [0.1, 0.15) is 31.4 Å². The largest absolute Gasteiger partial charge is 0.387 e. The predicted octanol–water partition coefficient (Wildman–Crippen LogP) is 1.29. The van der Waals surface area contributed by atoms with Crippen LogP contribution >= 0.6 is 11.3 Å². The van der Waals surface area contributed by atoms with Crippen LogP contribution in [0.5, 0.6) is 0 Å². The molecule has 0 aromatic carbocycles. The molecule has 1 aliphatic heterocycles. The van der Waals surface area contributed by atoms with Gasteiger partial charge in [0.2, 0.25) is 5.91 Å². The molecule has 100 valence electrons. The summed E-state index contributed by atoms with van der Waals surface area (Å²) in [6, 6.07) is 2.28. The Kier molecular flexibility index (Phi) is 4.74. The van der Waals surface area contributed by atoms with Crippen molar-refractivity contribution in [2.45, 2.75) is 31.9 Å². The van der Waals surface area contributed by atoms with Crippen molar-refractivity contribution in [1.29, 1.82) is 0 Å². The van der Waals surface area contributed by atoms with Gasteiger partial charge in [0, 0.05) is 18.5 Å². The molecule has 0 spiro atoms. The first-order valence-corrected chi connectivity index (χ1v) is 7.32. The molecule has 2 rings (SSSR count). The van der Waals surface area contributed by atoms with E-state index in [-0.39, 0.29) is 11.8 Å². The smallest absolute Gasteiger partial charge is 0.223 e. The van der Waals surface area contributed by atoms with E-state index in [1.807, 2.05) is 16.8 Å². The maximum absolute atomic E-state index is 12.0.